The van der Waals surface area contributed by atoms with E-state index in [0.717, 1.165) is 36.6 Å². The van der Waals surface area contributed by atoms with Crippen LogP contribution in [0.1, 0.15) is 5.69 Å². The highest BCUT2D eigenvalue weighted by atomic mass is 35.5. The summed E-state index contributed by atoms with van der Waals surface area (Å²) in [6.45, 7) is 3.13. The van der Waals surface area contributed by atoms with E-state index < -0.39 is 0 Å². The monoisotopic (exact) mass is 296 g/mol. The molecule has 1 aromatic heterocycles. The molecule has 0 aliphatic carbocycles. The highest BCUT2D eigenvalue weighted by Gasteiger charge is 2.12. The van der Waals surface area contributed by atoms with Crippen LogP contribution in [-0.4, -0.2) is 17.7 Å². The van der Waals surface area contributed by atoms with Gasteiger partial charge in [-0.05, 0) is 29.1 Å². The molecule has 2 heterocycles. The van der Waals surface area contributed by atoms with Gasteiger partial charge in [0.2, 0.25) is 0 Å². The molecule has 0 saturated carbocycles. The number of hydrogen-bond acceptors (Lipinski definition) is 1. The van der Waals surface area contributed by atoms with Gasteiger partial charge in [-0.2, -0.15) is 0 Å². The Bertz CT molecular complexity index is 804. The zero-order valence-corrected chi connectivity index (χ0v) is 12.5. The predicted octanol–water partition coefficient (Wildman–Crippen LogP) is 4.11. The number of nitrogens with zero attached hydrogens (tertiary/aromatic N) is 1. The van der Waals surface area contributed by atoms with Gasteiger partial charge >= 0.3 is 0 Å². The topological polar surface area (TPSA) is 17.0 Å². The highest BCUT2D eigenvalue weighted by molar-refractivity contribution is 6.33. The standard InChI is InChI=1S/C18H17ClN2/c19-17-4-2-1-3-16(17)13-5-6-14-11-15-7-8-20-9-10-21(15)18(14)12-13/h1-6,11-12,20H,7-10H2. The third kappa shape index (κ3) is 2.25. The van der Waals surface area contributed by atoms with E-state index in [1.165, 1.54) is 22.2 Å². The van der Waals surface area contributed by atoms with Gasteiger partial charge in [0.05, 0.1) is 0 Å². The maximum atomic E-state index is 6.34. The Hall–Kier alpha value is -1.77. The van der Waals surface area contributed by atoms with Crippen molar-refractivity contribution in [1.29, 1.82) is 0 Å². The maximum Gasteiger partial charge on any atom is 0.0489 e. The second-order valence-electron chi connectivity index (χ2n) is 5.54. The maximum absolute atomic E-state index is 6.34. The molecule has 0 amide bonds. The Morgan fingerprint density at radius 3 is 2.81 bits per heavy atom. The van der Waals surface area contributed by atoms with Crippen molar-refractivity contribution < 1.29 is 0 Å². The van der Waals surface area contributed by atoms with Gasteiger partial charge in [-0.15, -0.1) is 0 Å². The molecule has 0 unspecified atom stereocenters. The minimum Gasteiger partial charge on any atom is -0.343 e. The lowest BCUT2D eigenvalue weighted by Crippen LogP contribution is -2.17. The highest BCUT2D eigenvalue weighted by Crippen LogP contribution is 2.31. The van der Waals surface area contributed by atoms with E-state index in [-0.39, 0.29) is 0 Å². The molecule has 3 heteroatoms. The minimum absolute atomic E-state index is 0.807. The molecule has 0 radical (unpaired) electrons. The second-order valence-corrected chi connectivity index (χ2v) is 5.95. The number of benzene rings is 2. The van der Waals surface area contributed by atoms with Crippen LogP contribution in [0.25, 0.3) is 22.0 Å². The number of aromatic nitrogens is 1. The lowest BCUT2D eigenvalue weighted by atomic mass is 10.0. The fourth-order valence-corrected chi connectivity index (χ4v) is 3.42. The van der Waals surface area contributed by atoms with Crippen LogP contribution >= 0.6 is 11.6 Å². The van der Waals surface area contributed by atoms with Crippen molar-refractivity contribution in [3.05, 3.63) is 59.2 Å². The Morgan fingerprint density at radius 1 is 1.00 bits per heavy atom. The summed E-state index contributed by atoms with van der Waals surface area (Å²) in [4.78, 5) is 0. The van der Waals surface area contributed by atoms with Crippen molar-refractivity contribution in [2.45, 2.75) is 13.0 Å². The molecule has 0 saturated heterocycles. The molecule has 1 aliphatic rings. The molecule has 0 fully saturated rings. The van der Waals surface area contributed by atoms with Gasteiger partial charge in [-0.25, -0.2) is 0 Å². The van der Waals surface area contributed by atoms with Crippen molar-refractivity contribution in [2.24, 2.45) is 0 Å². The average Bonchev–Trinajstić information content (AvgIpc) is 2.68. The van der Waals surface area contributed by atoms with Crippen LogP contribution < -0.4 is 5.32 Å². The van der Waals surface area contributed by atoms with E-state index in [1.807, 2.05) is 18.2 Å². The van der Waals surface area contributed by atoms with Crippen molar-refractivity contribution in [1.82, 2.24) is 9.88 Å². The quantitative estimate of drug-likeness (QED) is 0.715. The smallest absolute Gasteiger partial charge is 0.0489 e. The Labute approximate surface area is 129 Å². The molecule has 0 bridgehead atoms. The molecule has 2 aromatic carbocycles. The van der Waals surface area contributed by atoms with Gasteiger partial charge < -0.3 is 9.88 Å². The van der Waals surface area contributed by atoms with Gasteiger partial charge in [0.1, 0.15) is 0 Å². The van der Waals surface area contributed by atoms with Crippen molar-refractivity contribution in [3.8, 4) is 11.1 Å². The average molecular weight is 297 g/mol. The first kappa shape index (κ1) is 12.9. The molecule has 1 aliphatic heterocycles. The summed E-state index contributed by atoms with van der Waals surface area (Å²) in [5.41, 5.74) is 5.02. The molecule has 1 N–H and O–H groups in total. The van der Waals surface area contributed by atoms with Crippen LogP contribution in [0.3, 0.4) is 0 Å². The molecular formula is C18H17ClN2. The summed E-state index contributed by atoms with van der Waals surface area (Å²) in [5, 5.41) is 5.59. The summed E-state index contributed by atoms with van der Waals surface area (Å²) in [7, 11) is 0. The fourth-order valence-electron chi connectivity index (χ4n) is 3.18. The lowest BCUT2D eigenvalue weighted by Gasteiger charge is -2.08. The number of hydrogen-bond donors (Lipinski definition) is 1. The largest absolute Gasteiger partial charge is 0.343 e. The van der Waals surface area contributed by atoms with Crippen LogP contribution in [-0.2, 0) is 13.0 Å². The summed E-state index contributed by atoms with van der Waals surface area (Å²) in [6.07, 6.45) is 1.09. The molecule has 106 valence electrons. The second kappa shape index (κ2) is 5.21. The Morgan fingerprint density at radius 2 is 1.90 bits per heavy atom. The zero-order chi connectivity index (χ0) is 14.2. The first-order chi connectivity index (χ1) is 10.3. The van der Waals surface area contributed by atoms with Gasteiger partial charge in [-0.3, -0.25) is 0 Å². The molecule has 4 rings (SSSR count). The normalized spacial score (nSPS) is 14.9. The number of fused-ring (bicyclic) bond motifs is 3. The van der Waals surface area contributed by atoms with Crippen molar-refractivity contribution in [3.63, 3.8) is 0 Å². The Balaban J connectivity index is 1.90. The first-order valence-corrected chi connectivity index (χ1v) is 7.78. The first-order valence-electron chi connectivity index (χ1n) is 7.41. The number of nitrogens with one attached hydrogen (secondary N) is 1. The Kier molecular flexibility index (Phi) is 3.21. The van der Waals surface area contributed by atoms with Gasteiger partial charge in [0.15, 0.2) is 0 Å². The molecule has 21 heavy (non-hydrogen) atoms. The summed E-state index contributed by atoms with van der Waals surface area (Å²) in [5.74, 6) is 0. The van der Waals surface area contributed by atoms with E-state index in [9.17, 15) is 0 Å². The molecule has 0 spiro atoms. The van der Waals surface area contributed by atoms with Crippen LogP contribution in [0.2, 0.25) is 5.02 Å². The third-order valence-electron chi connectivity index (χ3n) is 4.25. The predicted molar refractivity (Wildman–Crippen MR) is 89.0 cm³/mol. The SMILES string of the molecule is Clc1ccccc1-c1ccc2cc3n(c2c1)CCNCC3. The van der Waals surface area contributed by atoms with E-state index in [2.05, 4.69) is 40.2 Å². The lowest BCUT2D eigenvalue weighted by molar-refractivity contribution is 0.658. The van der Waals surface area contributed by atoms with Crippen molar-refractivity contribution in [2.75, 3.05) is 13.1 Å². The van der Waals surface area contributed by atoms with E-state index in [0.29, 0.717) is 0 Å². The van der Waals surface area contributed by atoms with Crippen LogP contribution in [0.5, 0.6) is 0 Å². The van der Waals surface area contributed by atoms with Gasteiger partial charge in [0, 0.05) is 47.9 Å². The number of rotatable bonds is 1. The summed E-state index contributed by atoms with van der Waals surface area (Å²) >= 11 is 6.34. The summed E-state index contributed by atoms with van der Waals surface area (Å²) < 4.78 is 2.44. The van der Waals surface area contributed by atoms with E-state index in [1.54, 1.807) is 0 Å². The van der Waals surface area contributed by atoms with Crippen molar-refractivity contribution >= 4 is 22.5 Å². The van der Waals surface area contributed by atoms with Crippen LogP contribution in [0.4, 0.5) is 0 Å². The molecule has 0 atom stereocenters. The minimum atomic E-state index is 0.807. The third-order valence-corrected chi connectivity index (χ3v) is 4.57. The molecule has 3 aromatic rings. The fraction of sp³-hybridized carbons (Fsp3) is 0.222. The van der Waals surface area contributed by atoms with Gasteiger partial charge in [-0.1, -0.05) is 41.9 Å². The number of halogens is 1. The van der Waals surface area contributed by atoms with Gasteiger partial charge in [0.25, 0.3) is 0 Å². The van der Waals surface area contributed by atoms with Crippen LogP contribution in [0.15, 0.2) is 48.5 Å². The molecule has 2 nitrogen and oxygen atoms in total. The van der Waals surface area contributed by atoms with E-state index in [4.69, 9.17) is 11.6 Å². The zero-order valence-electron chi connectivity index (χ0n) is 11.8. The molecular weight excluding hydrogens is 280 g/mol. The van der Waals surface area contributed by atoms with E-state index >= 15 is 0 Å². The van der Waals surface area contributed by atoms with Crippen LogP contribution in [0, 0.1) is 0 Å². The summed E-state index contributed by atoms with van der Waals surface area (Å²) in [6, 6.07) is 17.0.